The van der Waals surface area contributed by atoms with Gasteiger partial charge in [0.05, 0.1) is 16.0 Å². The van der Waals surface area contributed by atoms with E-state index in [1.165, 1.54) is 6.07 Å². The SMILES string of the molecule is NNc1nc(N)nc2ccc(-c3ccccc3[N+](=O)[O-])cc12. The number of nitro benzene ring substituents is 1. The van der Waals surface area contributed by atoms with Crippen LogP contribution in [0.2, 0.25) is 0 Å². The van der Waals surface area contributed by atoms with Crippen LogP contribution >= 0.6 is 0 Å². The van der Waals surface area contributed by atoms with Gasteiger partial charge in [0.25, 0.3) is 5.69 Å². The van der Waals surface area contributed by atoms with Crippen LogP contribution in [0, 0.1) is 10.1 Å². The lowest BCUT2D eigenvalue weighted by Crippen LogP contribution is -2.11. The van der Waals surface area contributed by atoms with Gasteiger partial charge < -0.3 is 11.2 Å². The average Bonchev–Trinajstić information content (AvgIpc) is 2.53. The average molecular weight is 296 g/mol. The summed E-state index contributed by atoms with van der Waals surface area (Å²) in [6, 6.07) is 11.7. The fourth-order valence-electron chi connectivity index (χ4n) is 2.30. The van der Waals surface area contributed by atoms with Gasteiger partial charge in [0.15, 0.2) is 5.82 Å². The van der Waals surface area contributed by atoms with Gasteiger partial charge in [-0.2, -0.15) is 4.98 Å². The van der Waals surface area contributed by atoms with E-state index in [4.69, 9.17) is 11.6 Å². The van der Waals surface area contributed by atoms with Crippen LogP contribution in [0.1, 0.15) is 0 Å². The Morgan fingerprint density at radius 2 is 1.91 bits per heavy atom. The van der Waals surface area contributed by atoms with Crippen molar-refractivity contribution in [2.75, 3.05) is 11.2 Å². The second kappa shape index (κ2) is 5.26. The molecule has 0 amide bonds. The Hall–Kier alpha value is -3.26. The minimum Gasteiger partial charge on any atom is -0.368 e. The van der Waals surface area contributed by atoms with Crippen LogP contribution in [0.3, 0.4) is 0 Å². The Morgan fingerprint density at radius 1 is 1.14 bits per heavy atom. The van der Waals surface area contributed by atoms with Crippen LogP contribution in [0.4, 0.5) is 17.5 Å². The highest BCUT2D eigenvalue weighted by atomic mass is 16.6. The highest BCUT2D eigenvalue weighted by Crippen LogP contribution is 2.32. The summed E-state index contributed by atoms with van der Waals surface area (Å²) in [4.78, 5) is 18.9. The zero-order valence-corrected chi connectivity index (χ0v) is 11.4. The van der Waals surface area contributed by atoms with E-state index >= 15 is 0 Å². The summed E-state index contributed by atoms with van der Waals surface area (Å²) >= 11 is 0. The van der Waals surface area contributed by atoms with Crippen LogP contribution in [-0.2, 0) is 0 Å². The smallest absolute Gasteiger partial charge is 0.277 e. The summed E-state index contributed by atoms with van der Waals surface area (Å²) in [5, 5.41) is 11.8. The predicted molar refractivity (Wildman–Crippen MR) is 83.9 cm³/mol. The standard InChI is InChI=1S/C14H12N6O2/c15-14-17-11-6-5-8(7-10(11)13(18-14)19-16)9-3-1-2-4-12(9)20(21)22/h1-7H,16H2,(H3,15,17,18,19). The van der Waals surface area contributed by atoms with E-state index in [-0.39, 0.29) is 11.6 Å². The lowest BCUT2D eigenvalue weighted by Gasteiger charge is -2.08. The first kappa shape index (κ1) is 13.7. The zero-order valence-electron chi connectivity index (χ0n) is 11.4. The molecule has 110 valence electrons. The Bertz CT molecular complexity index is 880. The van der Waals surface area contributed by atoms with Crippen molar-refractivity contribution in [2.45, 2.75) is 0 Å². The monoisotopic (exact) mass is 296 g/mol. The van der Waals surface area contributed by atoms with E-state index < -0.39 is 4.92 Å². The molecule has 0 aliphatic rings. The van der Waals surface area contributed by atoms with E-state index in [2.05, 4.69) is 15.4 Å². The van der Waals surface area contributed by atoms with Gasteiger partial charge in [-0.1, -0.05) is 18.2 Å². The molecule has 1 heterocycles. The number of rotatable bonds is 3. The molecule has 0 aliphatic carbocycles. The van der Waals surface area contributed by atoms with E-state index in [1.54, 1.807) is 36.4 Å². The Balaban J connectivity index is 2.25. The molecule has 8 nitrogen and oxygen atoms in total. The van der Waals surface area contributed by atoms with Crippen molar-refractivity contribution in [2.24, 2.45) is 5.84 Å². The molecule has 2 aromatic carbocycles. The summed E-state index contributed by atoms with van der Waals surface area (Å²) < 4.78 is 0. The maximum absolute atomic E-state index is 11.2. The molecular formula is C14H12N6O2. The van der Waals surface area contributed by atoms with Gasteiger partial charge in [0.1, 0.15) is 0 Å². The molecule has 22 heavy (non-hydrogen) atoms. The number of para-hydroxylation sites is 1. The molecule has 1 aromatic heterocycles. The quantitative estimate of drug-likeness (QED) is 0.382. The molecule has 3 aromatic rings. The number of nitro groups is 1. The summed E-state index contributed by atoms with van der Waals surface area (Å²) in [7, 11) is 0. The van der Waals surface area contributed by atoms with Crippen LogP contribution in [0.5, 0.6) is 0 Å². The summed E-state index contributed by atoms with van der Waals surface area (Å²) in [5.41, 5.74) is 9.88. The number of nitrogens with one attached hydrogen (secondary N) is 1. The van der Waals surface area contributed by atoms with Crippen molar-refractivity contribution in [3.63, 3.8) is 0 Å². The minimum atomic E-state index is -0.416. The van der Waals surface area contributed by atoms with Gasteiger partial charge in [-0.25, -0.2) is 10.8 Å². The van der Waals surface area contributed by atoms with Crippen LogP contribution in [0.25, 0.3) is 22.0 Å². The fraction of sp³-hybridized carbons (Fsp3) is 0. The zero-order chi connectivity index (χ0) is 15.7. The molecule has 8 heteroatoms. The molecule has 0 saturated heterocycles. The number of nitrogen functional groups attached to an aromatic ring is 2. The topological polar surface area (TPSA) is 133 Å². The molecule has 0 atom stereocenters. The maximum atomic E-state index is 11.2. The summed E-state index contributed by atoms with van der Waals surface area (Å²) in [6.45, 7) is 0. The summed E-state index contributed by atoms with van der Waals surface area (Å²) in [6.07, 6.45) is 0. The largest absolute Gasteiger partial charge is 0.368 e. The lowest BCUT2D eigenvalue weighted by molar-refractivity contribution is -0.384. The fourth-order valence-corrected chi connectivity index (χ4v) is 2.30. The number of nitrogens with zero attached hydrogens (tertiary/aromatic N) is 3. The second-order valence-corrected chi connectivity index (χ2v) is 4.58. The maximum Gasteiger partial charge on any atom is 0.277 e. The first-order valence-electron chi connectivity index (χ1n) is 6.38. The third kappa shape index (κ3) is 2.27. The molecule has 0 fully saturated rings. The molecule has 0 bridgehead atoms. The van der Waals surface area contributed by atoms with Gasteiger partial charge in [-0.05, 0) is 23.8 Å². The van der Waals surface area contributed by atoms with E-state index in [1.807, 2.05) is 0 Å². The van der Waals surface area contributed by atoms with Crippen molar-refractivity contribution >= 4 is 28.4 Å². The van der Waals surface area contributed by atoms with Crippen LogP contribution < -0.4 is 17.0 Å². The molecule has 0 unspecified atom stereocenters. The second-order valence-electron chi connectivity index (χ2n) is 4.58. The molecular weight excluding hydrogens is 284 g/mol. The highest BCUT2D eigenvalue weighted by Gasteiger charge is 2.15. The number of aromatic nitrogens is 2. The molecule has 0 spiro atoms. The van der Waals surface area contributed by atoms with Crippen molar-refractivity contribution in [1.82, 2.24) is 9.97 Å². The number of anilines is 2. The number of hydrogen-bond donors (Lipinski definition) is 3. The van der Waals surface area contributed by atoms with Gasteiger partial charge in [-0.15, -0.1) is 0 Å². The van der Waals surface area contributed by atoms with Crippen molar-refractivity contribution in [3.05, 3.63) is 52.6 Å². The van der Waals surface area contributed by atoms with Gasteiger partial charge in [-0.3, -0.25) is 10.1 Å². The van der Waals surface area contributed by atoms with Gasteiger partial charge >= 0.3 is 0 Å². The molecule has 0 aliphatic heterocycles. The van der Waals surface area contributed by atoms with E-state index in [0.29, 0.717) is 27.8 Å². The third-order valence-electron chi connectivity index (χ3n) is 3.26. The molecule has 0 radical (unpaired) electrons. The number of hydrazine groups is 1. The van der Waals surface area contributed by atoms with Crippen LogP contribution in [0.15, 0.2) is 42.5 Å². The molecule has 5 N–H and O–H groups in total. The Kier molecular flexibility index (Phi) is 3.28. The van der Waals surface area contributed by atoms with Crippen molar-refractivity contribution in [3.8, 4) is 11.1 Å². The van der Waals surface area contributed by atoms with E-state index in [9.17, 15) is 10.1 Å². The number of benzene rings is 2. The number of hydrogen-bond acceptors (Lipinski definition) is 7. The van der Waals surface area contributed by atoms with Gasteiger partial charge in [0.2, 0.25) is 5.95 Å². The van der Waals surface area contributed by atoms with E-state index in [0.717, 1.165) is 0 Å². The third-order valence-corrected chi connectivity index (χ3v) is 3.26. The highest BCUT2D eigenvalue weighted by molar-refractivity contribution is 5.94. The minimum absolute atomic E-state index is 0.0282. The Morgan fingerprint density at radius 3 is 2.64 bits per heavy atom. The van der Waals surface area contributed by atoms with Crippen molar-refractivity contribution in [1.29, 1.82) is 0 Å². The Labute approximate surface area is 124 Å². The first-order chi connectivity index (χ1) is 10.6. The predicted octanol–water partition coefficient (Wildman–Crippen LogP) is 2.07. The normalized spacial score (nSPS) is 10.6. The lowest BCUT2D eigenvalue weighted by atomic mass is 10.0. The summed E-state index contributed by atoms with van der Waals surface area (Å²) in [5.74, 6) is 5.91. The molecule has 0 saturated carbocycles. The number of fused-ring (bicyclic) bond motifs is 1. The molecule has 3 rings (SSSR count). The van der Waals surface area contributed by atoms with Crippen LogP contribution in [-0.4, -0.2) is 14.9 Å². The van der Waals surface area contributed by atoms with Crippen molar-refractivity contribution < 1.29 is 4.92 Å². The first-order valence-corrected chi connectivity index (χ1v) is 6.38. The number of nitrogens with two attached hydrogens (primary N) is 2. The van der Waals surface area contributed by atoms with Gasteiger partial charge in [0, 0.05) is 11.5 Å².